The highest BCUT2D eigenvalue weighted by Gasteiger charge is 2.14. The first-order valence-corrected chi connectivity index (χ1v) is 6.28. The molecule has 0 heterocycles. The molecule has 18 heavy (non-hydrogen) atoms. The summed E-state index contributed by atoms with van der Waals surface area (Å²) in [5, 5.41) is 0. The lowest BCUT2D eigenvalue weighted by molar-refractivity contribution is 0.308. The Kier molecular flexibility index (Phi) is 5.95. The number of hydrogen-bond donors (Lipinski definition) is 1. The molecule has 2 N–H and O–H groups in total. The second-order valence-electron chi connectivity index (χ2n) is 4.48. The van der Waals surface area contributed by atoms with Gasteiger partial charge in [-0.25, -0.2) is 0 Å². The largest absolute Gasteiger partial charge is 0.497 e. The number of methoxy groups -OCH3 is 2. The lowest BCUT2D eigenvalue weighted by Crippen LogP contribution is -2.29. The molecule has 0 saturated carbocycles. The van der Waals surface area contributed by atoms with E-state index in [-0.39, 0.29) is 6.04 Å². The van der Waals surface area contributed by atoms with Gasteiger partial charge < -0.3 is 20.1 Å². The highest BCUT2D eigenvalue weighted by molar-refractivity contribution is 5.42. The summed E-state index contributed by atoms with van der Waals surface area (Å²) in [7, 11) is 5.38. The minimum absolute atomic E-state index is 0.0533. The van der Waals surface area contributed by atoms with Crippen molar-refractivity contribution >= 4 is 0 Å². The number of likely N-dealkylation sites (N-methyl/N-ethyl adjacent to an activating group) is 1. The Bertz CT molecular complexity index is 369. The zero-order valence-corrected chi connectivity index (χ0v) is 11.8. The molecule has 1 unspecified atom stereocenters. The van der Waals surface area contributed by atoms with Crippen LogP contribution in [0.1, 0.15) is 24.9 Å². The van der Waals surface area contributed by atoms with Gasteiger partial charge in [-0.1, -0.05) is 13.0 Å². The van der Waals surface area contributed by atoms with Gasteiger partial charge in [-0.15, -0.1) is 0 Å². The summed E-state index contributed by atoms with van der Waals surface area (Å²) in [6, 6.07) is 5.71. The van der Waals surface area contributed by atoms with Gasteiger partial charge in [0.2, 0.25) is 0 Å². The molecule has 0 saturated heterocycles. The Labute approximate surface area is 110 Å². The Morgan fingerprint density at radius 3 is 2.56 bits per heavy atom. The molecular formula is C14H24N2O2. The van der Waals surface area contributed by atoms with Crippen LogP contribution in [0.25, 0.3) is 0 Å². The van der Waals surface area contributed by atoms with E-state index in [1.54, 1.807) is 14.2 Å². The van der Waals surface area contributed by atoms with Crippen molar-refractivity contribution in [3.63, 3.8) is 0 Å². The fraction of sp³-hybridized carbons (Fsp3) is 0.571. The van der Waals surface area contributed by atoms with Crippen molar-refractivity contribution in [2.45, 2.75) is 19.4 Å². The van der Waals surface area contributed by atoms with Crippen LogP contribution >= 0.6 is 0 Å². The molecular weight excluding hydrogens is 228 g/mol. The van der Waals surface area contributed by atoms with Gasteiger partial charge in [0.1, 0.15) is 11.5 Å². The molecule has 1 atom stereocenters. The van der Waals surface area contributed by atoms with Gasteiger partial charge in [0.25, 0.3) is 0 Å². The maximum absolute atomic E-state index is 6.23. The molecule has 102 valence electrons. The van der Waals surface area contributed by atoms with Crippen molar-refractivity contribution in [1.29, 1.82) is 0 Å². The third-order valence-electron chi connectivity index (χ3n) is 2.95. The summed E-state index contributed by atoms with van der Waals surface area (Å²) in [5.41, 5.74) is 7.25. The van der Waals surface area contributed by atoms with Crippen molar-refractivity contribution in [2.24, 2.45) is 5.73 Å². The molecule has 0 radical (unpaired) electrons. The summed E-state index contributed by atoms with van der Waals surface area (Å²) in [4.78, 5) is 2.23. The van der Waals surface area contributed by atoms with Crippen LogP contribution in [-0.4, -0.2) is 39.3 Å². The van der Waals surface area contributed by atoms with Crippen LogP contribution in [0.4, 0.5) is 0 Å². The number of rotatable bonds is 7. The summed E-state index contributed by atoms with van der Waals surface area (Å²) in [6.07, 6.45) is 1.13. The molecule has 0 spiro atoms. The van der Waals surface area contributed by atoms with Gasteiger partial charge in [0, 0.05) is 24.2 Å². The normalized spacial score (nSPS) is 12.6. The number of benzene rings is 1. The van der Waals surface area contributed by atoms with Crippen molar-refractivity contribution in [3.8, 4) is 11.5 Å². The second-order valence-corrected chi connectivity index (χ2v) is 4.48. The van der Waals surface area contributed by atoms with Crippen LogP contribution in [0.3, 0.4) is 0 Å². The van der Waals surface area contributed by atoms with Gasteiger partial charge in [-0.3, -0.25) is 0 Å². The second kappa shape index (κ2) is 7.24. The summed E-state index contributed by atoms with van der Waals surface area (Å²) in [5.74, 6) is 1.57. The number of ether oxygens (including phenoxy) is 2. The molecule has 0 aromatic heterocycles. The molecule has 0 fully saturated rings. The van der Waals surface area contributed by atoms with E-state index in [1.165, 1.54) is 0 Å². The third-order valence-corrected chi connectivity index (χ3v) is 2.95. The monoisotopic (exact) mass is 252 g/mol. The van der Waals surface area contributed by atoms with Gasteiger partial charge in [-0.2, -0.15) is 0 Å². The van der Waals surface area contributed by atoms with Crippen LogP contribution in [0.2, 0.25) is 0 Å². The van der Waals surface area contributed by atoms with Crippen LogP contribution in [-0.2, 0) is 0 Å². The predicted octanol–water partition coefficient (Wildman–Crippen LogP) is 2.05. The lowest BCUT2D eigenvalue weighted by atomic mass is 10.1. The minimum Gasteiger partial charge on any atom is -0.497 e. The van der Waals surface area contributed by atoms with Crippen molar-refractivity contribution in [1.82, 2.24) is 4.90 Å². The van der Waals surface area contributed by atoms with Gasteiger partial charge in [0.15, 0.2) is 0 Å². The SMILES string of the molecule is CCCN(C)CC(N)c1ccc(OC)cc1OC. The van der Waals surface area contributed by atoms with E-state index in [2.05, 4.69) is 18.9 Å². The molecule has 1 aromatic rings. The van der Waals surface area contributed by atoms with Gasteiger partial charge in [0.05, 0.1) is 14.2 Å². The third kappa shape index (κ3) is 3.89. The van der Waals surface area contributed by atoms with Crippen LogP contribution in [0.5, 0.6) is 11.5 Å². The van der Waals surface area contributed by atoms with Crippen molar-refractivity contribution < 1.29 is 9.47 Å². The summed E-state index contributed by atoms with van der Waals surface area (Å²) < 4.78 is 10.6. The highest BCUT2D eigenvalue weighted by atomic mass is 16.5. The van der Waals surface area contributed by atoms with Crippen molar-refractivity contribution in [3.05, 3.63) is 23.8 Å². The summed E-state index contributed by atoms with van der Waals surface area (Å²) in [6.45, 7) is 4.03. The topological polar surface area (TPSA) is 47.7 Å². The Hall–Kier alpha value is -1.26. The molecule has 0 amide bonds. The van der Waals surface area contributed by atoms with Gasteiger partial charge >= 0.3 is 0 Å². The molecule has 0 aliphatic heterocycles. The molecule has 4 nitrogen and oxygen atoms in total. The molecule has 1 rings (SSSR count). The van der Waals surface area contributed by atoms with E-state index in [4.69, 9.17) is 15.2 Å². The average molecular weight is 252 g/mol. The lowest BCUT2D eigenvalue weighted by Gasteiger charge is -2.22. The van der Waals surface area contributed by atoms with E-state index < -0.39 is 0 Å². The van der Waals surface area contributed by atoms with E-state index in [0.717, 1.165) is 36.6 Å². The van der Waals surface area contributed by atoms with E-state index in [0.29, 0.717) is 0 Å². The van der Waals surface area contributed by atoms with Crippen LogP contribution in [0, 0.1) is 0 Å². The molecule has 4 heteroatoms. The zero-order chi connectivity index (χ0) is 13.5. The minimum atomic E-state index is -0.0533. The summed E-state index contributed by atoms with van der Waals surface area (Å²) >= 11 is 0. The van der Waals surface area contributed by atoms with E-state index >= 15 is 0 Å². The van der Waals surface area contributed by atoms with Crippen LogP contribution in [0.15, 0.2) is 18.2 Å². The molecule has 0 aliphatic rings. The maximum atomic E-state index is 6.23. The quantitative estimate of drug-likeness (QED) is 0.807. The standard InChI is InChI=1S/C14H24N2O2/c1-5-8-16(2)10-13(15)12-7-6-11(17-3)9-14(12)18-4/h6-7,9,13H,5,8,10,15H2,1-4H3. The first-order valence-electron chi connectivity index (χ1n) is 6.28. The van der Waals surface area contributed by atoms with Crippen LogP contribution < -0.4 is 15.2 Å². The Balaban J connectivity index is 2.81. The average Bonchev–Trinajstić information content (AvgIpc) is 2.38. The predicted molar refractivity (Wildman–Crippen MR) is 74.3 cm³/mol. The number of hydrogen-bond acceptors (Lipinski definition) is 4. The molecule has 0 aliphatic carbocycles. The first-order chi connectivity index (χ1) is 8.62. The smallest absolute Gasteiger partial charge is 0.127 e. The zero-order valence-electron chi connectivity index (χ0n) is 11.8. The van der Waals surface area contributed by atoms with Gasteiger partial charge in [-0.05, 0) is 26.1 Å². The Morgan fingerprint density at radius 1 is 1.28 bits per heavy atom. The molecule has 0 bridgehead atoms. The first kappa shape index (κ1) is 14.8. The fourth-order valence-corrected chi connectivity index (χ4v) is 2.03. The highest BCUT2D eigenvalue weighted by Crippen LogP contribution is 2.28. The van der Waals surface area contributed by atoms with Crippen molar-refractivity contribution in [2.75, 3.05) is 34.4 Å². The number of nitrogens with two attached hydrogens (primary N) is 1. The van der Waals surface area contributed by atoms with E-state index in [9.17, 15) is 0 Å². The Morgan fingerprint density at radius 2 is 2.00 bits per heavy atom. The number of nitrogens with zero attached hydrogens (tertiary/aromatic N) is 1. The molecule has 1 aromatic carbocycles. The van der Waals surface area contributed by atoms with E-state index in [1.807, 2.05) is 18.2 Å². The fourth-order valence-electron chi connectivity index (χ4n) is 2.03. The maximum Gasteiger partial charge on any atom is 0.127 e.